The summed E-state index contributed by atoms with van der Waals surface area (Å²) in [7, 11) is 0. The van der Waals surface area contributed by atoms with Crippen molar-refractivity contribution in [3.8, 4) is 0 Å². The largest absolute Gasteiger partial charge is 0.329 e. The van der Waals surface area contributed by atoms with Gasteiger partial charge in [0, 0.05) is 24.4 Å². The van der Waals surface area contributed by atoms with Crippen molar-refractivity contribution in [3.63, 3.8) is 0 Å². The number of fused-ring (bicyclic) bond motifs is 1. The van der Waals surface area contributed by atoms with Gasteiger partial charge < -0.3 is 10.6 Å². The summed E-state index contributed by atoms with van der Waals surface area (Å²) in [5.74, 6) is -0.0963. The van der Waals surface area contributed by atoms with E-state index in [4.69, 9.17) is 11.6 Å². The third-order valence-corrected chi connectivity index (χ3v) is 5.12. The fraction of sp³-hybridized carbons (Fsp3) is 0.111. The maximum Gasteiger partial charge on any atom is 0.221 e. The molecule has 0 bridgehead atoms. The maximum atomic E-state index is 11.2. The van der Waals surface area contributed by atoms with Crippen LogP contribution >= 0.6 is 22.9 Å². The Labute approximate surface area is 163 Å². The lowest BCUT2D eigenvalue weighted by atomic mass is 10.1. The number of rotatable bonds is 5. The van der Waals surface area contributed by atoms with Crippen LogP contribution in [0.2, 0.25) is 5.02 Å². The highest BCUT2D eigenvalue weighted by molar-refractivity contribution is 7.15. The van der Waals surface area contributed by atoms with Gasteiger partial charge in [-0.1, -0.05) is 35.1 Å². The van der Waals surface area contributed by atoms with E-state index in [1.165, 1.54) is 18.3 Å². The highest BCUT2D eigenvalue weighted by atomic mass is 35.5. The quantitative estimate of drug-likeness (QED) is 0.464. The smallest absolute Gasteiger partial charge is 0.221 e. The average molecular weight is 399 g/mol. The summed E-state index contributed by atoms with van der Waals surface area (Å²) in [5.41, 5.74) is 3.44. The van der Waals surface area contributed by atoms with Gasteiger partial charge in [0.2, 0.25) is 11.0 Å². The zero-order valence-electron chi connectivity index (χ0n) is 14.3. The van der Waals surface area contributed by atoms with Gasteiger partial charge in [-0.15, -0.1) is 10.2 Å². The number of amides is 1. The second-order valence-corrected chi connectivity index (χ2v) is 7.38. The summed E-state index contributed by atoms with van der Waals surface area (Å²) in [4.78, 5) is 11.2. The first-order chi connectivity index (χ1) is 13.1. The van der Waals surface area contributed by atoms with Crippen molar-refractivity contribution >= 4 is 56.3 Å². The Bertz CT molecular complexity index is 1120. The van der Waals surface area contributed by atoms with E-state index in [1.807, 2.05) is 36.4 Å². The molecule has 0 radical (unpaired) electrons. The number of carbonyl (C=O) groups excluding carboxylic acids is 1. The predicted octanol–water partition coefficient (Wildman–Crippen LogP) is 4.36. The fourth-order valence-corrected chi connectivity index (χ4v) is 3.75. The highest BCUT2D eigenvalue weighted by Gasteiger charge is 2.11. The van der Waals surface area contributed by atoms with Crippen molar-refractivity contribution in [2.45, 2.75) is 13.3 Å². The van der Waals surface area contributed by atoms with E-state index in [2.05, 4.69) is 31.0 Å². The van der Waals surface area contributed by atoms with E-state index < -0.39 is 0 Å². The Morgan fingerprint density at radius 3 is 3.00 bits per heavy atom. The number of carbonyl (C=O) groups is 1. The first-order valence-electron chi connectivity index (χ1n) is 8.16. The Balaban J connectivity index is 1.50. The van der Waals surface area contributed by atoms with Crippen LogP contribution in [0.4, 0.5) is 16.5 Å². The molecule has 3 N–H and O–H groups in total. The fourth-order valence-electron chi connectivity index (χ4n) is 2.71. The molecule has 1 amide bonds. The van der Waals surface area contributed by atoms with Gasteiger partial charge in [0.05, 0.1) is 22.4 Å². The molecule has 0 aliphatic heterocycles. The number of hydrogen-bond donors (Lipinski definition) is 3. The van der Waals surface area contributed by atoms with Crippen LogP contribution in [0.1, 0.15) is 17.5 Å². The topological polar surface area (TPSA) is 95.6 Å². The number of nitrogens with one attached hydrogen (secondary N) is 3. The van der Waals surface area contributed by atoms with E-state index >= 15 is 0 Å². The number of hydrogen-bond acceptors (Lipinski definition) is 6. The van der Waals surface area contributed by atoms with Crippen LogP contribution in [-0.2, 0) is 11.2 Å². The number of H-pyrrole nitrogens is 1. The molecule has 2 heterocycles. The van der Waals surface area contributed by atoms with Gasteiger partial charge in [0.1, 0.15) is 5.01 Å². The summed E-state index contributed by atoms with van der Waals surface area (Å²) in [6, 6.07) is 11.5. The molecule has 2 aromatic carbocycles. The third kappa shape index (κ3) is 3.91. The van der Waals surface area contributed by atoms with Crippen LogP contribution in [0.3, 0.4) is 0 Å². The maximum absolute atomic E-state index is 11.2. The molecule has 136 valence electrons. The summed E-state index contributed by atoms with van der Waals surface area (Å²) in [6.45, 7) is 1.49. The lowest BCUT2D eigenvalue weighted by molar-refractivity contribution is -0.114. The van der Waals surface area contributed by atoms with Gasteiger partial charge in [0.25, 0.3) is 0 Å². The van der Waals surface area contributed by atoms with Crippen LogP contribution in [0.25, 0.3) is 10.9 Å². The van der Waals surface area contributed by atoms with Crippen molar-refractivity contribution in [1.82, 2.24) is 20.4 Å². The Hall–Kier alpha value is -2.97. The van der Waals surface area contributed by atoms with Crippen LogP contribution in [0.5, 0.6) is 0 Å². The second-order valence-electron chi connectivity index (χ2n) is 5.94. The first-order valence-corrected chi connectivity index (χ1v) is 9.35. The zero-order valence-corrected chi connectivity index (χ0v) is 15.9. The van der Waals surface area contributed by atoms with E-state index in [-0.39, 0.29) is 5.91 Å². The molecule has 7 nitrogen and oxygen atoms in total. The lowest BCUT2D eigenvalue weighted by Gasteiger charge is -2.05. The molecule has 4 rings (SSSR count). The monoisotopic (exact) mass is 398 g/mol. The van der Waals surface area contributed by atoms with Crippen LogP contribution < -0.4 is 10.6 Å². The molecule has 0 unspecified atom stereocenters. The van der Waals surface area contributed by atoms with Crippen molar-refractivity contribution in [3.05, 3.63) is 58.2 Å². The second kappa shape index (κ2) is 7.34. The number of anilines is 3. The van der Waals surface area contributed by atoms with Crippen LogP contribution in [-0.4, -0.2) is 26.3 Å². The van der Waals surface area contributed by atoms with E-state index in [9.17, 15) is 4.79 Å². The molecule has 9 heteroatoms. The summed E-state index contributed by atoms with van der Waals surface area (Å²) < 4.78 is 0. The summed E-state index contributed by atoms with van der Waals surface area (Å²) >= 11 is 7.88. The normalized spacial score (nSPS) is 10.9. The van der Waals surface area contributed by atoms with Crippen LogP contribution in [0, 0.1) is 0 Å². The zero-order chi connectivity index (χ0) is 18.8. The number of aromatic amines is 1. The Morgan fingerprint density at radius 1 is 1.26 bits per heavy atom. The first kappa shape index (κ1) is 17.4. The molecular weight excluding hydrogens is 384 g/mol. The Morgan fingerprint density at radius 2 is 2.15 bits per heavy atom. The van der Waals surface area contributed by atoms with E-state index in [0.29, 0.717) is 16.6 Å². The van der Waals surface area contributed by atoms with Crippen molar-refractivity contribution in [1.29, 1.82) is 0 Å². The number of aromatic nitrogens is 4. The molecule has 0 saturated carbocycles. The molecule has 0 fully saturated rings. The molecule has 0 aliphatic rings. The number of benzene rings is 2. The minimum atomic E-state index is -0.0963. The van der Waals surface area contributed by atoms with Gasteiger partial charge in [-0.2, -0.15) is 5.10 Å². The molecule has 27 heavy (non-hydrogen) atoms. The molecular formula is C18H15ClN6OS. The standard InChI is InChI=1S/C18H15ClN6OS/c1-10(26)21-12-4-2-3-11(7-12)8-16-24-25-18(27-16)22-15-6-5-14-13(17(15)19)9-20-23-14/h2-7,9H,8H2,1H3,(H,20,23)(H,21,26)(H,22,25). The minimum absolute atomic E-state index is 0.0963. The summed E-state index contributed by atoms with van der Waals surface area (Å²) in [6.07, 6.45) is 2.32. The third-order valence-electron chi connectivity index (χ3n) is 3.87. The molecule has 2 aromatic heterocycles. The SMILES string of the molecule is CC(=O)Nc1cccc(Cc2nnc(Nc3ccc4[nH]ncc4c3Cl)s2)c1. The molecule has 0 saturated heterocycles. The van der Waals surface area contributed by atoms with Crippen LogP contribution in [0.15, 0.2) is 42.6 Å². The molecule has 0 spiro atoms. The predicted molar refractivity (Wildman–Crippen MR) is 108 cm³/mol. The number of halogens is 1. The van der Waals surface area contributed by atoms with E-state index in [0.717, 1.165) is 32.8 Å². The number of nitrogens with zero attached hydrogens (tertiary/aromatic N) is 3. The Kier molecular flexibility index (Phi) is 4.74. The summed E-state index contributed by atoms with van der Waals surface area (Å²) in [5, 5.41) is 24.3. The van der Waals surface area contributed by atoms with Crippen molar-refractivity contribution in [2.75, 3.05) is 10.6 Å². The van der Waals surface area contributed by atoms with E-state index in [1.54, 1.807) is 6.20 Å². The van der Waals surface area contributed by atoms with Gasteiger partial charge in [-0.3, -0.25) is 9.89 Å². The van der Waals surface area contributed by atoms with Crippen molar-refractivity contribution in [2.24, 2.45) is 0 Å². The van der Waals surface area contributed by atoms with Gasteiger partial charge in [0.15, 0.2) is 0 Å². The highest BCUT2D eigenvalue weighted by Crippen LogP contribution is 2.33. The lowest BCUT2D eigenvalue weighted by Crippen LogP contribution is -2.05. The molecule has 4 aromatic rings. The molecule has 0 aliphatic carbocycles. The average Bonchev–Trinajstić information content (AvgIpc) is 3.27. The van der Waals surface area contributed by atoms with Gasteiger partial charge in [-0.25, -0.2) is 0 Å². The minimum Gasteiger partial charge on any atom is -0.329 e. The van der Waals surface area contributed by atoms with Gasteiger partial charge in [-0.05, 0) is 29.8 Å². The van der Waals surface area contributed by atoms with Gasteiger partial charge >= 0.3 is 0 Å². The van der Waals surface area contributed by atoms with Crippen molar-refractivity contribution < 1.29 is 4.79 Å². The molecule has 0 atom stereocenters.